The van der Waals surface area contributed by atoms with Gasteiger partial charge in [0.05, 0.1) is 18.9 Å². The summed E-state index contributed by atoms with van der Waals surface area (Å²) in [5, 5.41) is 13.6. The summed E-state index contributed by atoms with van der Waals surface area (Å²) in [6, 6.07) is 7.51. The highest BCUT2D eigenvalue weighted by atomic mass is 32.2. The van der Waals surface area contributed by atoms with Crippen molar-refractivity contribution >= 4 is 27.0 Å². The van der Waals surface area contributed by atoms with E-state index in [0.717, 1.165) is 43.3 Å². The van der Waals surface area contributed by atoms with Crippen molar-refractivity contribution < 1.29 is 27.2 Å². The molecule has 0 unspecified atom stereocenters. The zero-order valence-corrected chi connectivity index (χ0v) is 18.8. The van der Waals surface area contributed by atoms with Crippen LogP contribution in [0, 0.1) is 0 Å². The van der Waals surface area contributed by atoms with E-state index in [0.29, 0.717) is 24.8 Å². The molecule has 0 spiro atoms. The number of pyridine rings is 1. The molecule has 2 aliphatic heterocycles. The van der Waals surface area contributed by atoms with E-state index in [-0.39, 0.29) is 18.2 Å². The third-order valence-electron chi connectivity index (χ3n) is 5.26. The van der Waals surface area contributed by atoms with Gasteiger partial charge in [-0.25, -0.2) is 4.79 Å². The number of amides is 1. The first kappa shape index (κ1) is 24.0. The van der Waals surface area contributed by atoms with E-state index < -0.39 is 22.3 Å². The number of carboxylic acid groups (broad SMARTS) is 1. The second-order valence-corrected chi connectivity index (χ2v) is 9.54. The Kier molecular flexibility index (Phi) is 8.10. The molecule has 2 saturated heterocycles. The molecule has 32 heavy (non-hydrogen) atoms. The quantitative estimate of drug-likeness (QED) is 0.579. The molecule has 4 rings (SSSR count). The smallest absolute Gasteiger partial charge is 0.407 e. The van der Waals surface area contributed by atoms with Crippen LogP contribution in [0.4, 0.5) is 4.79 Å². The average Bonchev–Trinajstić information content (AvgIpc) is 2.74. The lowest BCUT2D eigenvalue weighted by atomic mass is 10.1. The zero-order chi connectivity index (χ0) is 23.1. The fourth-order valence-corrected chi connectivity index (χ4v) is 4.45. The minimum Gasteiger partial charge on any atom is -0.489 e. The highest BCUT2D eigenvalue weighted by molar-refractivity contribution is 7.86. The van der Waals surface area contributed by atoms with Crippen LogP contribution in [0.15, 0.2) is 35.3 Å². The van der Waals surface area contributed by atoms with Gasteiger partial charge in [0, 0.05) is 24.7 Å². The predicted molar refractivity (Wildman–Crippen MR) is 120 cm³/mol. The van der Waals surface area contributed by atoms with E-state index in [9.17, 15) is 18.0 Å². The Morgan fingerprint density at radius 2 is 1.97 bits per heavy atom. The fraction of sp³-hybridized carbons (Fsp3) is 0.524. The third-order valence-corrected chi connectivity index (χ3v) is 5.88. The lowest BCUT2D eigenvalue weighted by Crippen LogP contribution is -2.43. The molecule has 2 atom stereocenters. The number of H-pyrrole nitrogens is 1. The highest BCUT2D eigenvalue weighted by Gasteiger charge is 2.26. The standard InChI is InChI=1S/C14H16N2O2.C7H13NO5S/c17-14-13-4-3-11(8-10(13)5-7-16-14)18-12-2-1-6-15-9-12;1-14(11,12)13-6-3-2-4-8(5-6)7(9)10/h3-5,7-8,12,15H,1-2,6,9H2,(H,16,17);6H,2-5H2,1H3,(H,9,10)/t12-;6-/m10/s1. The number of ether oxygens (including phenoxy) is 1. The Bertz CT molecular complexity index is 1080. The Morgan fingerprint density at radius 1 is 1.19 bits per heavy atom. The SMILES string of the molecule is CS(=O)(=O)O[C@H]1CCCN(C(=O)O)C1.O=c1[nH]ccc2cc(O[C@@H]3CCCNC3)ccc12. The van der Waals surface area contributed by atoms with Crippen molar-refractivity contribution in [2.75, 3.05) is 32.4 Å². The number of carbonyl (C=O) groups is 1. The van der Waals surface area contributed by atoms with Gasteiger partial charge in [-0.1, -0.05) is 0 Å². The number of fused-ring (bicyclic) bond motifs is 1. The first-order chi connectivity index (χ1) is 15.2. The number of hydrogen-bond acceptors (Lipinski definition) is 7. The van der Waals surface area contributed by atoms with Crippen molar-refractivity contribution in [3.8, 4) is 5.75 Å². The molecule has 1 aromatic heterocycles. The van der Waals surface area contributed by atoms with Crippen molar-refractivity contribution in [3.63, 3.8) is 0 Å². The molecule has 0 saturated carbocycles. The number of nitrogens with one attached hydrogen (secondary N) is 2. The molecule has 1 amide bonds. The number of benzene rings is 1. The molecule has 2 fully saturated rings. The van der Waals surface area contributed by atoms with Crippen LogP contribution in [0.25, 0.3) is 10.8 Å². The number of likely N-dealkylation sites (tertiary alicyclic amines) is 1. The van der Waals surface area contributed by atoms with Gasteiger partial charge in [-0.15, -0.1) is 0 Å². The fourth-order valence-electron chi connectivity index (χ4n) is 3.79. The van der Waals surface area contributed by atoms with E-state index in [2.05, 4.69) is 10.3 Å². The van der Waals surface area contributed by atoms with Crippen LogP contribution in [0.3, 0.4) is 0 Å². The molecule has 0 bridgehead atoms. The second kappa shape index (κ2) is 10.8. The molecule has 3 N–H and O–H groups in total. The van der Waals surface area contributed by atoms with Gasteiger partial charge in [-0.3, -0.25) is 8.98 Å². The number of aromatic amines is 1. The summed E-state index contributed by atoms with van der Waals surface area (Å²) < 4.78 is 32.2. The molecule has 2 aliphatic rings. The van der Waals surface area contributed by atoms with Gasteiger partial charge in [0.25, 0.3) is 15.7 Å². The molecule has 11 heteroatoms. The van der Waals surface area contributed by atoms with Gasteiger partial charge in [-0.2, -0.15) is 8.42 Å². The van der Waals surface area contributed by atoms with Crippen molar-refractivity contribution in [3.05, 3.63) is 40.8 Å². The van der Waals surface area contributed by atoms with E-state index >= 15 is 0 Å². The van der Waals surface area contributed by atoms with Crippen LogP contribution in [0.1, 0.15) is 25.7 Å². The van der Waals surface area contributed by atoms with Crippen molar-refractivity contribution in [2.45, 2.75) is 37.9 Å². The largest absolute Gasteiger partial charge is 0.489 e. The first-order valence-electron chi connectivity index (χ1n) is 10.6. The summed E-state index contributed by atoms with van der Waals surface area (Å²) in [7, 11) is -3.49. The number of piperidine rings is 2. The van der Waals surface area contributed by atoms with Gasteiger partial charge >= 0.3 is 6.09 Å². The van der Waals surface area contributed by atoms with Gasteiger partial charge in [-0.05, 0) is 61.9 Å². The summed E-state index contributed by atoms with van der Waals surface area (Å²) in [4.78, 5) is 26.0. The molecule has 0 radical (unpaired) electrons. The monoisotopic (exact) mass is 467 g/mol. The van der Waals surface area contributed by atoms with Crippen LogP contribution in [-0.2, 0) is 14.3 Å². The Hall–Kier alpha value is -2.63. The number of aromatic nitrogens is 1. The number of nitrogens with zero attached hydrogens (tertiary/aromatic N) is 1. The highest BCUT2D eigenvalue weighted by Crippen LogP contribution is 2.20. The van der Waals surface area contributed by atoms with Crippen LogP contribution in [0.5, 0.6) is 5.75 Å². The molecule has 2 aromatic rings. The second-order valence-electron chi connectivity index (χ2n) is 7.94. The Balaban J connectivity index is 0.000000188. The molecule has 10 nitrogen and oxygen atoms in total. The zero-order valence-electron chi connectivity index (χ0n) is 18.0. The maximum atomic E-state index is 11.6. The summed E-state index contributed by atoms with van der Waals surface area (Å²) in [5.74, 6) is 0.835. The number of rotatable bonds is 4. The van der Waals surface area contributed by atoms with E-state index in [4.69, 9.17) is 14.0 Å². The van der Waals surface area contributed by atoms with Crippen molar-refractivity contribution in [1.29, 1.82) is 0 Å². The normalized spacial score (nSPS) is 21.5. The maximum absolute atomic E-state index is 11.6. The molecular formula is C21H29N3O7S. The molecule has 3 heterocycles. The van der Waals surface area contributed by atoms with Crippen LogP contribution < -0.4 is 15.6 Å². The maximum Gasteiger partial charge on any atom is 0.407 e. The average molecular weight is 468 g/mol. The topological polar surface area (TPSA) is 138 Å². The molecular weight excluding hydrogens is 438 g/mol. The van der Waals surface area contributed by atoms with Crippen molar-refractivity contribution in [2.24, 2.45) is 0 Å². The predicted octanol–water partition coefficient (Wildman–Crippen LogP) is 1.76. The first-order valence-corrected chi connectivity index (χ1v) is 12.4. The lowest BCUT2D eigenvalue weighted by molar-refractivity contribution is 0.0828. The minimum atomic E-state index is -3.49. The molecule has 1 aromatic carbocycles. The summed E-state index contributed by atoms with van der Waals surface area (Å²) in [6.07, 6.45) is 4.74. The van der Waals surface area contributed by atoms with E-state index in [1.54, 1.807) is 6.20 Å². The summed E-state index contributed by atoms with van der Waals surface area (Å²) in [6.45, 7) is 2.54. The third kappa shape index (κ3) is 7.21. The van der Waals surface area contributed by atoms with Crippen LogP contribution in [0.2, 0.25) is 0 Å². The summed E-state index contributed by atoms with van der Waals surface area (Å²) >= 11 is 0. The Labute approximate surface area is 186 Å². The summed E-state index contributed by atoms with van der Waals surface area (Å²) in [5.41, 5.74) is -0.0571. The number of hydrogen-bond donors (Lipinski definition) is 3. The van der Waals surface area contributed by atoms with Gasteiger partial charge in [0.2, 0.25) is 0 Å². The van der Waals surface area contributed by atoms with Gasteiger partial charge in [0.1, 0.15) is 11.9 Å². The van der Waals surface area contributed by atoms with E-state index in [1.807, 2.05) is 24.3 Å². The minimum absolute atomic E-state index is 0.0571. The molecule has 176 valence electrons. The molecule has 0 aliphatic carbocycles. The Morgan fingerprint density at radius 3 is 2.66 bits per heavy atom. The van der Waals surface area contributed by atoms with Crippen molar-refractivity contribution in [1.82, 2.24) is 15.2 Å². The van der Waals surface area contributed by atoms with Gasteiger partial charge in [0.15, 0.2) is 0 Å². The van der Waals surface area contributed by atoms with Crippen LogP contribution >= 0.6 is 0 Å². The van der Waals surface area contributed by atoms with Crippen LogP contribution in [-0.4, -0.2) is 74.1 Å². The van der Waals surface area contributed by atoms with E-state index in [1.165, 1.54) is 4.90 Å². The lowest BCUT2D eigenvalue weighted by Gasteiger charge is -2.29. The van der Waals surface area contributed by atoms with Gasteiger partial charge < -0.3 is 25.0 Å².